The number of nitrogens with one attached hydrogen (secondary N) is 1. The Morgan fingerprint density at radius 1 is 1.53 bits per heavy atom. The molecule has 1 aliphatic rings. The molecule has 1 heterocycles. The third-order valence-corrected chi connectivity index (χ3v) is 2.16. The first-order valence-electron chi connectivity index (χ1n) is 4.70. The minimum atomic E-state index is -0.201. The molecule has 1 aromatic carbocycles. The SMILES string of the molecule is CCNC(=O)c1ccc2c(c1N)OCO2. The van der Waals surface area contributed by atoms with Crippen LogP contribution in [0.3, 0.4) is 0 Å². The Balaban J connectivity index is 2.38. The standard InChI is InChI=1S/C10H12N2O3/c1-2-12-10(13)6-3-4-7-9(8(6)11)15-5-14-7/h3-4H,2,5,11H2,1H3,(H,12,13). The van der Waals surface area contributed by atoms with Crippen LogP contribution in [0.5, 0.6) is 11.5 Å². The number of hydrogen-bond acceptors (Lipinski definition) is 4. The maximum absolute atomic E-state index is 11.6. The van der Waals surface area contributed by atoms with Crippen LogP contribution in [-0.4, -0.2) is 19.2 Å². The van der Waals surface area contributed by atoms with Crippen molar-refractivity contribution < 1.29 is 14.3 Å². The fraction of sp³-hybridized carbons (Fsp3) is 0.300. The molecule has 0 unspecified atom stereocenters. The van der Waals surface area contributed by atoms with Gasteiger partial charge in [0.1, 0.15) is 0 Å². The highest BCUT2D eigenvalue weighted by Crippen LogP contribution is 2.39. The topological polar surface area (TPSA) is 73.6 Å². The van der Waals surface area contributed by atoms with Gasteiger partial charge >= 0.3 is 0 Å². The lowest BCUT2D eigenvalue weighted by Crippen LogP contribution is -2.23. The van der Waals surface area contributed by atoms with Gasteiger partial charge in [-0.3, -0.25) is 4.79 Å². The van der Waals surface area contributed by atoms with Crippen molar-refractivity contribution >= 4 is 11.6 Å². The molecule has 2 rings (SSSR count). The van der Waals surface area contributed by atoms with Crippen LogP contribution in [0.4, 0.5) is 5.69 Å². The van der Waals surface area contributed by atoms with E-state index in [1.54, 1.807) is 12.1 Å². The Morgan fingerprint density at radius 3 is 3.07 bits per heavy atom. The van der Waals surface area contributed by atoms with Crippen LogP contribution in [0.1, 0.15) is 17.3 Å². The van der Waals surface area contributed by atoms with Crippen molar-refractivity contribution in [1.29, 1.82) is 0 Å². The van der Waals surface area contributed by atoms with Crippen molar-refractivity contribution in [2.45, 2.75) is 6.92 Å². The lowest BCUT2D eigenvalue weighted by molar-refractivity contribution is 0.0956. The first-order chi connectivity index (χ1) is 7.24. The Morgan fingerprint density at radius 2 is 2.33 bits per heavy atom. The van der Waals surface area contributed by atoms with Gasteiger partial charge in [0.05, 0.1) is 11.3 Å². The monoisotopic (exact) mass is 208 g/mol. The number of benzene rings is 1. The van der Waals surface area contributed by atoms with Crippen LogP contribution >= 0.6 is 0 Å². The van der Waals surface area contributed by atoms with E-state index in [0.717, 1.165) is 0 Å². The summed E-state index contributed by atoms with van der Waals surface area (Å²) in [7, 11) is 0. The van der Waals surface area contributed by atoms with Gasteiger partial charge < -0.3 is 20.5 Å². The zero-order chi connectivity index (χ0) is 10.8. The molecule has 80 valence electrons. The van der Waals surface area contributed by atoms with Crippen LogP contribution in [0.2, 0.25) is 0 Å². The van der Waals surface area contributed by atoms with E-state index < -0.39 is 0 Å². The second-order valence-corrected chi connectivity index (χ2v) is 3.12. The van der Waals surface area contributed by atoms with E-state index in [-0.39, 0.29) is 12.7 Å². The molecular formula is C10H12N2O3. The van der Waals surface area contributed by atoms with E-state index in [2.05, 4.69) is 5.32 Å². The number of amides is 1. The molecule has 3 N–H and O–H groups in total. The summed E-state index contributed by atoms with van der Waals surface area (Å²) in [6.45, 7) is 2.56. The van der Waals surface area contributed by atoms with Crippen molar-refractivity contribution in [1.82, 2.24) is 5.32 Å². The average molecular weight is 208 g/mol. The van der Waals surface area contributed by atoms with Gasteiger partial charge in [0, 0.05) is 6.54 Å². The van der Waals surface area contributed by atoms with Gasteiger partial charge in [-0.1, -0.05) is 0 Å². The predicted octanol–water partition coefficient (Wildman–Crippen LogP) is 0.747. The number of ether oxygens (including phenoxy) is 2. The molecular weight excluding hydrogens is 196 g/mol. The first-order valence-corrected chi connectivity index (χ1v) is 4.70. The van der Waals surface area contributed by atoms with E-state index >= 15 is 0 Å². The highest BCUT2D eigenvalue weighted by atomic mass is 16.7. The van der Waals surface area contributed by atoms with Crippen molar-refractivity contribution in [3.05, 3.63) is 17.7 Å². The second kappa shape index (κ2) is 3.68. The number of nitrogens with two attached hydrogens (primary N) is 1. The number of nitrogen functional groups attached to an aromatic ring is 1. The van der Waals surface area contributed by atoms with E-state index in [0.29, 0.717) is 29.3 Å². The van der Waals surface area contributed by atoms with Crippen molar-refractivity contribution in [2.75, 3.05) is 19.1 Å². The third kappa shape index (κ3) is 1.56. The van der Waals surface area contributed by atoms with Gasteiger partial charge in [0.15, 0.2) is 11.5 Å². The molecule has 0 bridgehead atoms. The lowest BCUT2D eigenvalue weighted by Gasteiger charge is -2.07. The molecule has 0 aliphatic carbocycles. The molecule has 15 heavy (non-hydrogen) atoms. The lowest BCUT2D eigenvalue weighted by atomic mass is 10.1. The molecule has 0 saturated heterocycles. The van der Waals surface area contributed by atoms with E-state index in [9.17, 15) is 4.79 Å². The quantitative estimate of drug-likeness (QED) is 0.703. The number of carbonyl (C=O) groups is 1. The summed E-state index contributed by atoms with van der Waals surface area (Å²) in [4.78, 5) is 11.6. The zero-order valence-corrected chi connectivity index (χ0v) is 8.37. The number of rotatable bonds is 2. The average Bonchev–Trinajstić information content (AvgIpc) is 2.67. The summed E-state index contributed by atoms with van der Waals surface area (Å²) in [6.07, 6.45) is 0. The Labute approximate surface area is 87.2 Å². The fourth-order valence-electron chi connectivity index (χ4n) is 1.45. The molecule has 5 heteroatoms. The Hall–Kier alpha value is -1.91. The Bertz CT molecular complexity index is 404. The Kier molecular flexibility index (Phi) is 2.37. The van der Waals surface area contributed by atoms with E-state index in [4.69, 9.17) is 15.2 Å². The summed E-state index contributed by atoms with van der Waals surface area (Å²) in [6, 6.07) is 3.32. The summed E-state index contributed by atoms with van der Waals surface area (Å²) in [5.41, 5.74) is 6.55. The third-order valence-electron chi connectivity index (χ3n) is 2.16. The molecule has 1 aliphatic heterocycles. The van der Waals surface area contributed by atoms with Crippen LogP contribution in [0, 0.1) is 0 Å². The molecule has 0 atom stereocenters. The van der Waals surface area contributed by atoms with Gasteiger partial charge in [-0.05, 0) is 19.1 Å². The summed E-state index contributed by atoms with van der Waals surface area (Å²) >= 11 is 0. The van der Waals surface area contributed by atoms with Crippen molar-refractivity contribution in [3.8, 4) is 11.5 Å². The maximum atomic E-state index is 11.6. The highest BCUT2D eigenvalue weighted by molar-refractivity contribution is 6.01. The van der Waals surface area contributed by atoms with Gasteiger partial charge in [-0.2, -0.15) is 0 Å². The van der Waals surface area contributed by atoms with E-state index in [1.165, 1.54) is 0 Å². The van der Waals surface area contributed by atoms with Gasteiger partial charge in [0.2, 0.25) is 6.79 Å². The van der Waals surface area contributed by atoms with Crippen molar-refractivity contribution in [2.24, 2.45) is 0 Å². The number of hydrogen-bond donors (Lipinski definition) is 2. The van der Waals surface area contributed by atoms with Crippen LogP contribution in [0.15, 0.2) is 12.1 Å². The minimum Gasteiger partial charge on any atom is -0.454 e. The molecule has 0 radical (unpaired) electrons. The van der Waals surface area contributed by atoms with Crippen LogP contribution in [0.25, 0.3) is 0 Å². The summed E-state index contributed by atoms with van der Waals surface area (Å²) in [5, 5.41) is 2.68. The predicted molar refractivity (Wildman–Crippen MR) is 55.0 cm³/mol. The van der Waals surface area contributed by atoms with Crippen LogP contribution in [-0.2, 0) is 0 Å². The minimum absolute atomic E-state index is 0.151. The fourth-order valence-corrected chi connectivity index (χ4v) is 1.45. The van der Waals surface area contributed by atoms with Gasteiger partial charge in [0.25, 0.3) is 5.91 Å². The second-order valence-electron chi connectivity index (χ2n) is 3.12. The smallest absolute Gasteiger partial charge is 0.253 e. The molecule has 0 aromatic heterocycles. The first kappa shape index (κ1) is 9.64. The molecule has 0 saturated carbocycles. The molecule has 1 aromatic rings. The normalized spacial score (nSPS) is 12.6. The van der Waals surface area contributed by atoms with Crippen LogP contribution < -0.4 is 20.5 Å². The maximum Gasteiger partial charge on any atom is 0.253 e. The molecule has 5 nitrogen and oxygen atoms in total. The highest BCUT2D eigenvalue weighted by Gasteiger charge is 2.21. The molecule has 1 amide bonds. The van der Waals surface area contributed by atoms with Gasteiger partial charge in [-0.25, -0.2) is 0 Å². The number of fused-ring (bicyclic) bond motifs is 1. The molecule has 0 fully saturated rings. The van der Waals surface area contributed by atoms with Gasteiger partial charge in [-0.15, -0.1) is 0 Å². The summed E-state index contributed by atoms with van der Waals surface area (Å²) in [5.74, 6) is 0.840. The van der Waals surface area contributed by atoms with E-state index in [1.807, 2.05) is 6.92 Å². The zero-order valence-electron chi connectivity index (χ0n) is 8.37. The number of carbonyl (C=O) groups excluding carboxylic acids is 1. The largest absolute Gasteiger partial charge is 0.454 e. The summed E-state index contributed by atoms with van der Waals surface area (Å²) < 4.78 is 10.3. The van der Waals surface area contributed by atoms with Crippen molar-refractivity contribution in [3.63, 3.8) is 0 Å². The molecule has 0 spiro atoms. The number of anilines is 1.